The van der Waals surface area contributed by atoms with Crippen molar-refractivity contribution < 1.29 is 14.6 Å². The van der Waals surface area contributed by atoms with Gasteiger partial charge in [0, 0.05) is 29.2 Å². The van der Waals surface area contributed by atoms with Crippen molar-refractivity contribution in [2.24, 2.45) is 0 Å². The summed E-state index contributed by atoms with van der Waals surface area (Å²) < 4.78 is 5.38. The molecule has 0 bridgehead atoms. The van der Waals surface area contributed by atoms with Gasteiger partial charge in [0.05, 0.1) is 12.7 Å². The molecule has 0 aliphatic carbocycles. The number of methoxy groups -OCH3 is 1. The topological polar surface area (TPSA) is 65.6 Å². The number of para-hydroxylation sites is 1. The van der Waals surface area contributed by atoms with Gasteiger partial charge in [-0.25, -0.2) is 0 Å². The third kappa shape index (κ3) is 3.14. The summed E-state index contributed by atoms with van der Waals surface area (Å²) in [6.45, 7) is 2.80. The van der Waals surface area contributed by atoms with Crippen molar-refractivity contribution >= 4 is 16.8 Å². The van der Waals surface area contributed by atoms with E-state index in [2.05, 4.69) is 18.0 Å². The first-order valence-corrected chi connectivity index (χ1v) is 9.32. The Bertz CT molecular complexity index is 992. The molecule has 1 atom stereocenters. The van der Waals surface area contributed by atoms with Gasteiger partial charge in [-0.05, 0) is 62.1 Å². The lowest BCUT2D eigenvalue weighted by atomic mass is 10.00. The summed E-state index contributed by atoms with van der Waals surface area (Å²) in [4.78, 5) is 18.3. The minimum atomic E-state index is -0.0920. The number of hydrogen-bond donors (Lipinski definition) is 2. The van der Waals surface area contributed by atoms with Crippen molar-refractivity contribution in [1.82, 2.24) is 9.88 Å². The molecule has 4 rings (SSSR count). The number of H-pyrrole nitrogens is 1. The minimum Gasteiger partial charge on any atom is -0.507 e. The first-order chi connectivity index (χ1) is 13.1. The third-order valence-electron chi connectivity index (χ3n) is 5.54. The Morgan fingerprint density at radius 2 is 2.11 bits per heavy atom. The Kier molecular flexibility index (Phi) is 4.52. The molecular weight excluding hydrogens is 340 g/mol. The van der Waals surface area contributed by atoms with Crippen LogP contribution in [0.2, 0.25) is 0 Å². The molecule has 5 nitrogen and oxygen atoms in total. The number of hydrogen-bond acceptors (Lipinski definition) is 3. The smallest absolute Gasteiger partial charge is 0.257 e. The van der Waals surface area contributed by atoms with Crippen LogP contribution >= 0.6 is 0 Å². The van der Waals surface area contributed by atoms with Gasteiger partial charge >= 0.3 is 0 Å². The number of aryl methyl sites for hydroxylation is 1. The Hall–Kier alpha value is -2.95. The number of aromatic nitrogens is 1. The normalized spacial score (nSPS) is 16.8. The average molecular weight is 364 g/mol. The highest BCUT2D eigenvalue weighted by Crippen LogP contribution is 2.31. The number of carbonyl (C=O) groups is 1. The number of carbonyl (C=O) groups excluding carboxylic acids is 1. The van der Waals surface area contributed by atoms with Crippen molar-refractivity contribution in [3.63, 3.8) is 0 Å². The van der Waals surface area contributed by atoms with E-state index in [1.807, 2.05) is 17.0 Å². The van der Waals surface area contributed by atoms with Crippen molar-refractivity contribution in [2.75, 3.05) is 13.7 Å². The van der Waals surface area contributed by atoms with E-state index in [9.17, 15) is 9.90 Å². The second-order valence-corrected chi connectivity index (χ2v) is 7.16. The van der Waals surface area contributed by atoms with Crippen LogP contribution in [0.4, 0.5) is 0 Å². The molecule has 0 spiro atoms. The van der Waals surface area contributed by atoms with E-state index in [1.165, 1.54) is 5.56 Å². The van der Waals surface area contributed by atoms with Gasteiger partial charge < -0.3 is 19.7 Å². The number of phenolic OH excluding ortho intramolecular Hbond substituents is 1. The molecule has 1 aliphatic heterocycles. The predicted octanol–water partition coefficient (Wildman–Crippen LogP) is 4.04. The van der Waals surface area contributed by atoms with Crippen molar-refractivity contribution in [1.29, 1.82) is 0 Å². The number of phenols is 1. The summed E-state index contributed by atoms with van der Waals surface area (Å²) in [5.74, 6) is 0.781. The van der Waals surface area contributed by atoms with Crippen LogP contribution in [0.25, 0.3) is 10.9 Å². The number of likely N-dealkylation sites (tertiary alicyclic amines) is 1. The molecule has 2 heterocycles. The number of amides is 1. The number of ether oxygens (including phenoxy) is 1. The van der Waals surface area contributed by atoms with Gasteiger partial charge in [-0.2, -0.15) is 0 Å². The van der Waals surface area contributed by atoms with Gasteiger partial charge in [0.1, 0.15) is 11.5 Å². The summed E-state index contributed by atoms with van der Waals surface area (Å²) in [5.41, 5.74) is 3.81. The molecule has 1 unspecified atom stereocenters. The number of aromatic amines is 1. The molecule has 2 aromatic carbocycles. The van der Waals surface area contributed by atoms with E-state index in [0.717, 1.165) is 48.2 Å². The number of rotatable bonds is 4. The lowest BCUT2D eigenvalue weighted by molar-refractivity contribution is 0.0733. The molecule has 1 amide bonds. The first kappa shape index (κ1) is 17.5. The fourth-order valence-corrected chi connectivity index (χ4v) is 4.11. The van der Waals surface area contributed by atoms with Gasteiger partial charge in [0.25, 0.3) is 5.91 Å². The first-order valence-electron chi connectivity index (χ1n) is 9.32. The zero-order valence-corrected chi connectivity index (χ0v) is 15.7. The molecule has 1 fully saturated rings. The third-order valence-corrected chi connectivity index (χ3v) is 5.54. The molecule has 5 heteroatoms. The summed E-state index contributed by atoms with van der Waals surface area (Å²) in [5, 5.41) is 11.2. The van der Waals surface area contributed by atoms with Gasteiger partial charge in [-0.15, -0.1) is 0 Å². The summed E-state index contributed by atoms with van der Waals surface area (Å²) in [6, 6.07) is 12.9. The SMILES string of the molecule is COc1ccc2[nH]c(C)c(CC3CCCN3C(=O)c3ccccc3O)c2c1. The quantitative estimate of drug-likeness (QED) is 0.734. The second-order valence-electron chi connectivity index (χ2n) is 7.16. The largest absolute Gasteiger partial charge is 0.507 e. The number of aromatic hydroxyl groups is 1. The van der Waals surface area contributed by atoms with E-state index in [0.29, 0.717) is 5.56 Å². The van der Waals surface area contributed by atoms with E-state index in [-0.39, 0.29) is 17.7 Å². The van der Waals surface area contributed by atoms with Gasteiger partial charge in [-0.3, -0.25) is 4.79 Å². The van der Waals surface area contributed by atoms with Crippen LogP contribution in [0, 0.1) is 6.92 Å². The fourth-order valence-electron chi connectivity index (χ4n) is 4.11. The minimum absolute atomic E-state index is 0.0427. The number of nitrogens with zero attached hydrogens (tertiary/aromatic N) is 1. The van der Waals surface area contributed by atoms with E-state index in [1.54, 1.807) is 31.4 Å². The highest BCUT2D eigenvalue weighted by atomic mass is 16.5. The van der Waals surface area contributed by atoms with Crippen LogP contribution in [0.1, 0.15) is 34.5 Å². The zero-order valence-electron chi connectivity index (χ0n) is 15.7. The molecule has 1 aliphatic rings. The molecule has 1 aromatic heterocycles. The van der Waals surface area contributed by atoms with Gasteiger partial charge in [0.15, 0.2) is 0 Å². The molecular formula is C22H24N2O3. The summed E-state index contributed by atoms with van der Waals surface area (Å²) in [7, 11) is 1.67. The maximum atomic E-state index is 13.0. The second kappa shape index (κ2) is 6.99. The van der Waals surface area contributed by atoms with E-state index >= 15 is 0 Å². The molecule has 2 N–H and O–H groups in total. The molecule has 0 saturated carbocycles. The van der Waals surface area contributed by atoms with Crippen LogP contribution in [-0.4, -0.2) is 40.6 Å². The van der Waals surface area contributed by atoms with Crippen LogP contribution in [0.5, 0.6) is 11.5 Å². The summed E-state index contributed by atoms with van der Waals surface area (Å²) in [6.07, 6.45) is 2.74. The maximum absolute atomic E-state index is 13.0. The average Bonchev–Trinajstić information content (AvgIpc) is 3.26. The fraction of sp³-hybridized carbons (Fsp3) is 0.318. The van der Waals surface area contributed by atoms with Crippen molar-refractivity contribution in [3.05, 3.63) is 59.3 Å². The summed E-state index contributed by atoms with van der Waals surface area (Å²) >= 11 is 0. The number of fused-ring (bicyclic) bond motifs is 1. The number of benzene rings is 2. The van der Waals surface area contributed by atoms with E-state index < -0.39 is 0 Å². The maximum Gasteiger partial charge on any atom is 0.257 e. The van der Waals surface area contributed by atoms with Gasteiger partial charge in [0.2, 0.25) is 0 Å². The standard InChI is InChI=1S/C22H24N2O3/c1-14-18(19-13-16(27-2)9-10-20(19)23-14)12-15-6-5-11-24(15)22(26)17-7-3-4-8-21(17)25/h3-4,7-10,13,15,23,25H,5-6,11-12H2,1-2H3. The molecule has 1 saturated heterocycles. The van der Waals surface area contributed by atoms with Crippen LogP contribution in [0.3, 0.4) is 0 Å². The number of nitrogens with one attached hydrogen (secondary N) is 1. The molecule has 140 valence electrons. The van der Waals surface area contributed by atoms with E-state index in [4.69, 9.17) is 4.74 Å². The Morgan fingerprint density at radius 1 is 1.30 bits per heavy atom. The molecule has 0 radical (unpaired) electrons. The van der Waals surface area contributed by atoms with Crippen molar-refractivity contribution in [3.8, 4) is 11.5 Å². The van der Waals surface area contributed by atoms with Gasteiger partial charge in [-0.1, -0.05) is 12.1 Å². The van der Waals surface area contributed by atoms with Crippen LogP contribution in [-0.2, 0) is 6.42 Å². The highest BCUT2D eigenvalue weighted by molar-refractivity contribution is 5.97. The monoisotopic (exact) mass is 364 g/mol. The lowest BCUT2D eigenvalue weighted by Crippen LogP contribution is -2.36. The highest BCUT2D eigenvalue weighted by Gasteiger charge is 2.31. The Labute approximate surface area is 158 Å². The predicted molar refractivity (Wildman–Crippen MR) is 105 cm³/mol. The van der Waals surface area contributed by atoms with Crippen LogP contribution in [0.15, 0.2) is 42.5 Å². The van der Waals surface area contributed by atoms with Crippen molar-refractivity contribution in [2.45, 2.75) is 32.2 Å². The Morgan fingerprint density at radius 3 is 2.89 bits per heavy atom. The lowest BCUT2D eigenvalue weighted by Gasteiger charge is -2.25. The Balaban J connectivity index is 1.64. The van der Waals surface area contributed by atoms with Crippen LogP contribution < -0.4 is 4.74 Å². The zero-order chi connectivity index (χ0) is 19.0. The molecule has 27 heavy (non-hydrogen) atoms. The molecule has 3 aromatic rings.